The Labute approximate surface area is 105 Å². The van der Waals surface area contributed by atoms with Gasteiger partial charge in [-0.1, -0.05) is 18.2 Å². The quantitative estimate of drug-likeness (QED) is 0.609. The molecule has 0 atom stereocenters. The summed E-state index contributed by atoms with van der Waals surface area (Å²) < 4.78 is 6.47. The minimum Gasteiger partial charge on any atom is -0.464 e. The Balaban J connectivity index is 2.41. The third-order valence-electron chi connectivity index (χ3n) is 2.70. The molecule has 0 bridgehead atoms. The number of nitrogens with zero attached hydrogens (tertiary/aromatic N) is 3. The molecule has 0 aliphatic carbocycles. The lowest BCUT2D eigenvalue weighted by molar-refractivity contribution is 0.0595. The number of nitriles is 1. The van der Waals surface area contributed by atoms with Gasteiger partial charge in [-0.15, -0.1) is 0 Å². The van der Waals surface area contributed by atoms with E-state index in [1.807, 2.05) is 24.3 Å². The fraction of sp³-hybridized carbons (Fsp3) is 0.308. The Kier molecular flexibility index (Phi) is 3.58. The van der Waals surface area contributed by atoms with Crippen molar-refractivity contribution in [3.05, 3.63) is 30.0 Å². The monoisotopic (exact) mass is 243 g/mol. The van der Waals surface area contributed by atoms with Crippen LogP contribution in [0.3, 0.4) is 0 Å². The zero-order valence-corrected chi connectivity index (χ0v) is 10.1. The summed E-state index contributed by atoms with van der Waals surface area (Å²) in [6.07, 6.45) is 1.19. The molecule has 2 aromatic rings. The van der Waals surface area contributed by atoms with Crippen LogP contribution in [0, 0.1) is 11.3 Å². The second-order valence-corrected chi connectivity index (χ2v) is 3.84. The number of carbonyl (C=O) groups is 1. The summed E-state index contributed by atoms with van der Waals surface area (Å²) >= 11 is 0. The van der Waals surface area contributed by atoms with E-state index in [4.69, 9.17) is 10.00 Å². The lowest BCUT2D eigenvalue weighted by Gasteiger charge is -2.00. The number of aryl methyl sites for hydroxylation is 1. The van der Waals surface area contributed by atoms with Crippen LogP contribution in [0.4, 0.5) is 0 Å². The van der Waals surface area contributed by atoms with Gasteiger partial charge in [0.15, 0.2) is 5.69 Å². The Morgan fingerprint density at radius 2 is 2.28 bits per heavy atom. The number of carbonyl (C=O) groups excluding carboxylic acids is 1. The molecule has 5 nitrogen and oxygen atoms in total. The first-order valence-corrected chi connectivity index (χ1v) is 5.68. The summed E-state index contributed by atoms with van der Waals surface area (Å²) in [6, 6.07) is 9.59. The summed E-state index contributed by atoms with van der Waals surface area (Å²) in [6.45, 7) is 0.616. The van der Waals surface area contributed by atoms with Crippen LogP contribution in [0.15, 0.2) is 24.3 Å². The van der Waals surface area contributed by atoms with E-state index in [9.17, 15) is 4.79 Å². The summed E-state index contributed by atoms with van der Waals surface area (Å²) in [4.78, 5) is 11.6. The van der Waals surface area contributed by atoms with Gasteiger partial charge in [0.1, 0.15) is 0 Å². The van der Waals surface area contributed by atoms with E-state index < -0.39 is 5.97 Å². The Hall–Kier alpha value is -2.35. The fourth-order valence-electron chi connectivity index (χ4n) is 1.85. The van der Waals surface area contributed by atoms with Gasteiger partial charge in [-0.05, 0) is 12.5 Å². The molecule has 0 aliphatic rings. The van der Waals surface area contributed by atoms with Gasteiger partial charge in [-0.2, -0.15) is 10.4 Å². The van der Waals surface area contributed by atoms with Crippen LogP contribution in [-0.4, -0.2) is 22.9 Å². The minimum absolute atomic E-state index is 0.324. The molecular formula is C13H13N3O2. The molecule has 0 fully saturated rings. The predicted octanol–water partition coefficient (Wildman–Crippen LogP) is 2.13. The number of methoxy groups -OCH3 is 1. The van der Waals surface area contributed by atoms with Gasteiger partial charge < -0.3 is 4.74 Å². The highest BCUT2D eigenvalue weighted by Gasteiger charge is 2.16. The Morgan fingerprint density at radius 1 is 1.50 bits per heavy atom. The van der Waals surface area contributed by atoms with E-state index in [1.54, 1.807) is 4.68 Å². The summed E-state index contributed by atoms with van der Waals surface area (Å²) in [5, 5.41) is 13.6. The van der Waals surface area contributed by atoms with Crippen LogP contribution in [0.2, 0.25) is 0 Å². The van der Waals surface area contributed by atoms with Crippen molar-refractivity contribution in [1.82, 2.24) is 9.78 Å². The molecule has 18 heavy (non-hydrogen) atoms. The van der Waals surface area contributed by atoms with E-state index >= 15 is 0 Å². The number of esters is 1. The molecular weight excluding hydrogens is 230 g/mol. The third kappa shape index (κ3) is 2.18. The van der Waals surface area contributed by atoms with Gasteiger partial charge in [-0.25, -0.2) is 4.79 Å². The van der Waals surface area contributed by atoms with Crippen LogP contribution in [-0.2, 0) is 11.3 Å². The van der Waals surface area contributed by atoms with Crippen LogP contribution in [0.25, 0.3) is 10.9 Å². The number of hydrogen-bond donors (Lipinski definition) is 0. The Bertz CT molecular complexity index is 610. The first-order valence-electron chi connectivity index (χ1n) is 5.68. The van der Waals surface area contributed by atoms with Crippen LogP contribution < -0.4 is 0 Å². The topological polar surface area (TPSA) is 67.9 Å². The molecule has 92 valence electrons. The smallest absolute Gasteiger partial charge is 0.359 e. The van der Waals surface area contributed by atoms with Crippen molar-refractivity contribution >= 4 is 16.9 Å². The lowest BCUT2D eigenvalue weighted by Crippen LogP contribution is -2.05. The minimum atomic E-state index is -0.440. The Morgan fingerprint density at radius 3 is 3.00 bits per heavy atom. The summed E-state index contributed by atoms with van der Waals surface area (Å²) in [7, 11) is 1.34. The van der Waals surface area contributed by atoms with Gasteiger partial charge in [-0.3, -0.25) is 4.68 Å². The number of para-hydroxylation sites is 1. The van der Waals surface area contributed by atoms with Crippen LogP contribution >= 0.6 is 0 Å². The highest BCUT2D eigenvalue weighted by Crippen LogP contribution is 2.19. The molecule has 1 aromatic heterocycles. The van der Waals surface area contributed by atoms with Gasteiger partial charge in [0.2, 0.25) is 0 Å². The largest absolute Gasteiger partial charge is 0.464 e. The SMILES string of the molecule is COC(=O)c1nn(CCCC#N)c2ccccc12. The summed E-state index contributed by atoms with van der Waals surface area (Å²) in [5.74, 6) is -0.440. The van der Waals surface area contributed by atoms with E-state index in [0.717, 1.165) is 10.9 Å². The second-order valence-electron chi connectivity index (χ2n) is 3.84. The second kappa shape index (κ2) is 5.32. The predicted molar refractivity (Wildman–Crippen MR) is 65.9 cm³/mol. The number of hydrogen-bond acceptors (Lipinski definition) is 4. The molecule has 5 heteroatoms. The van der Waals surface area contributed by atoms with Crippen molar-refractivity contribution in [2.75, 3.05) is 7.11 Å². The first-order chi connectivity index (χ1) is 8.77. The molecule has 0 saturated carbocycles. The molecule has 0 unspecified atom stereocenters. The number of ether oxygens (including phenoxy) is 1. The van der Waals surface area contributed by atoms with Crippen molar-refractivity contribution < 1.29 is 9.53 Å². The van der Waals surface area contributed by atoms with Crippen molar-refractivity contribution in [1.29, 1.82) is 5.26 Å². The molecule has 0 spiro atoms. The maximum atomic E-state index is 11.6. The van der Waals surface area contributed by atoms with E-state index in [2.05, 4.69) is 11.2 Å². The van der Waals surface area contributed by atoms with E-state index in [0.29, 0.717) is 25.1 Å². The molecule has 0 N–H and O–H groups in total. The van der Waals surface area contributed by atoms with Crippen LogP contribution in [0.1, 0.15) is 23.3 Å². The van der Waals surface area contributed by atoms with Crippen molar-refractivity contribution in [2.45, 2.75) is 19.4 Å². The standard InChI is InChI=1S/C13H13N3O2/c1-18-13(17)12-10-6-2-3-7-11(10)16(15-12)9-5-4-8-14/h2-3,6-7H,4-5,9H2,1H3. The van der Waals surface area contributed by atoms with Crippen molar-refractivity contribution in [3.63, 3.8) is 0 Å². The van der Waals surface area contributed by atoms with Crippen LogP contribution in [0.5, 0.6) is 0 Å². The number of aromatic nitrogens is 2. The number of rotatable bonds is 4. The molecule has 0 amide bonds. The molecule has 0 radical (unpaired) electrons. The van der Waals surface area contributed by atoms with Crippen molar-refractivity contribution in [3.8, 4) is 6.07 Å². The van der Waals surface area contributed by atoms with E-state index in [1.165, 1.54) is 7.11 Å². The molecule has 0 aliphatic heterocycles. The van der Waals surface area contributed by atoms with Gasteiger partial charge >= 0.3 is 5.97 Å². The maximum absolute atomic E-state index is 11.6. The molecule has 0 saturated heterocycles. The molecule has 1 heterocycles. The zero-order valence-electron chi connectivity index (χ0n) is 10.1. The highest BCUT2D eigenvalue weighted by atomic mass is 16.5. The van der Waals surface area contributed by atoms with Gasteiger partial charge in [0.05, 0.1) is 18.7 Å². The number of benzene rings is 1. The highest BCUT2D eigenvalue weighted by molar-refractivity contribution is 6.02. The summed E-state index contributed by atoms with van der Waals surface area (Å²) in [5.41, 5.74) is 1.21. The van der Waals surface area contributed by atoms with Gasteiger partial charge in [0.25, 0.3) is 0 Å². The average molecular weight is 243 g/mol. The molecule has 1 aromatic carbocycles. The van der Waals surface area contributed by atoms with Gasteiger partial charge in [0, 0.05) is 18.4 Å². The normalized spacial score (nSPS) is 10.2. The average Bonchev–Trinajstić information content (AvgIpc) is 2.78. The van der Waals surface area contributed by atoms with Crippen molar-refractivity contribution in [2.24, 2.45) is 0 Å². The first kappa shape index (κ1) is 12.1. The lowest BCUT2D eigenvalue weighted by atomic mass is 10.2. The molecule has 2 rings (SSSR count). The number of fused-ring (bicyclic) bond motifs is 1. The zero-order chi connectivity index (χ0) is 13.0. The van der Waals surface area contributed by atoms with E-state index in [-0.39, 0.29) is 0 Å². The fourth-order valence-corrected chi connectivity index (χ4v) is 1.85. The number of unbranched alkanes of at least 4 members (excludes halogenated alkanes) is 1. The third-order valence-corrected chi connectivity index (χ3v) is 2.70. The maximum Gasteiger partial charge on any atom is 0.359 e.